The molecule has 0 spiro atoms. The monoisotopic (exact) mass is 715 g/mol. The Balaban J connectivity index is 2.32. The Labute approximate surface area is 305 Å². The number of fused-ring (bicyclic) bond motifs is 1. The molecular formula is C39H66N6O6. The van der Waals surface area contributed by atoms with E-state index in [9.17, 15) is 28.8 Å². The Hall–Kier alpha value is -3.70. The van der Waals surface area contributed by atoms with Crippen molar-refractivity contribution in [3.8, 4) is 0 Å². The first-order chi connectivity index (χ1) is 23.9. The fraction of sp³-hybridized carbons (Fsp3) is 0.744. The van der Waals surface area contributed by atoms with Crippen LogP contribution < -0.4 is 27.0 Å². The zero-order chi connectivity index (χ0) is 38.5. The fourth-order valence-electron chi connectivity index (χ4n) is 7.59. The van der Waals surface area contributed by atoms with E-state index >= 15 is 0 Å². The summed E-state index contributed by atoms with van der Waals surface area (Å²) in [5, 5.41) is 11.8. The number of amides is 6. The molecule has 6 N–H and O–H groups in total. The van der Waals surface area contributed by atoms with Crippen LogP contribution in [0.25, 0.3) is 0 Å². The number of nitrogens with zero attached hydrogens (tertiary/aromatic N) is 1. The SMILES string of the molecule is C/C=C\C/C=C\CCC(CC)C(CC(=O)N1C[C@H]2[C@@H](C1C(=O)NC(CCC)CC(=O)C(N)=O)C2(C)C)NC(=O)NC(CCC(=O)NC)C(C)(C)C. The third-order valence-corrected chi connectivity index (χ3v) is 11.0. The maximum atomic E-state index is 14.3. The number of hydrogen-bond donors (Lipinski definition) is 5. The first kappa shape index (κ1) is 43.5. The highest BCUT2D eigenvalue weighted by Crippen LogP contribution is 2.65. The summed E-state index contributed by atoms with van der Waals surface area (Å²) in [6.45, 7) is 16.6. The Morgan fingerprint density at radius 1 is 0.941 bits per heavy atom. The summed E-state index contributed by atoms with van der Waals surface area (Å²) in [6, 6.07) is -2.48. The van der Waals surface area contributed by atoms with Crippen LogP contribution in [0.3, 0.4) is 0 Å². The summed E-state index contributed by atoms with van der Waals surface area (Å²) in [5.74, 6) is -2.32. The van der Waals surface area contributed by atoms with Crippen LogP contribution in [0.2, 0.25) is 0 Å². The molecule has 0 radical (unpaired) electrons. The number of urea groups is 1. The van der Waals surface area contributed by atoms with Crippen molar-refractivity contribution in [2.24, 2.45) is 34.3 Å². The number of nitrogens with one attached hydrogen (secondary N) is 4. The second kappa shape index (κ2) is 19.8. The number of likely N-dealkylation sites (tertiary alicyclic amines) is 1. The topological polar surface area (TPSA) is 180 Å². The lowest BCUT2D eigenvalue weighted by molar-refractivity contribution is -0.141. The number of hydrogen-bond acceptors (Lipinski definition) is 6. The molecule has 288 valence electrons. The molecule has 1 aliphatic carbocycles. The van der Waals surface area contributed by atoms with Crippen molar-refractivity contribution >= 4 is 35.4 Å². The van der Waals surface area contributed by atoms with E-state index in [1.165, 1.54) is 0 Å². The lowest BCUT2D eigenvalue weighted by Gasteiger charge is -2.35. The van der Waals surface area contributed by atoms with Gasteiger partial charge in [0.25, 0.3) is 5.91 Å². The standard InChI is InChI=1S/C39H66N6O6/c1-10-13-14-15-16-17-19-25(12-3)28(43-37(51)44-30(38(4,5)6)20-21-31(47)41-9)23-32(48)45-24-27-33(39(27,7)8)34(45)36(50)42-26(18-11-2)22-29(46)35(40)49/h10,13,15-16,25-28,30,33-34H,11-12,14,17-24H2,1-9H3,(H2,40,49)(H,41,47)(H,42,50)(H2,43,44,51)/b13-10-,16-15-/t25?,26?,27-,28?,30?,33-,34?/m0/s1. The zero-order valence-corrected chi connectivity index (χ0v) is 32.6. The smallest absolute Gasteiger partial charge is 0.315 e. The van der Waals surface area contributed by atoms with Crippen molar-refractivity contribution in [3.05, 3.63) is 24.3 Å². The molecule has 0 bridgehead atoms. The van der Waals surface area contributed by atoms with Crippen molar-refractivity contribution in [1.29, 1.82) is 0 Å². The second-order valence-electron chi connectivity index (χ2n) is 16.0. The quantitative estimate of drug-likeness (QED) is 0.0861. The van der Waals surface area contributed by atoms with Crippen LogP contribution in [-0.4, -0.2) is 78.1 Å². The van der Waals surface area contributed by atoms with Crippen LogP contribution in [-0.2, 0) is 24.0 Å². The molecule has 1 saturated heterocycles. The van der Waals surface area contributed by atoms with Crippen molar-refractivity contribution < 1.29 is 28.8 Å². The second-order valence-corrected chi connectivity index (χ2v) is 16.0. The van der Waals surface area contributed by atoms with E-state index in [1.54, 1.807) is 11.9 Å². The summed E-state index contributed by atoms with van der Waals surface area (Å²) in [6.07, 6.45) is 13.2. The minimum atomic E-state index is -1.03. The highest BCUT2D eigenvalue weighted by atomic mass is 16.2. The summed E-state index contributed by atoms with van der Waals surface area (Å²) in [5.41, 5.74) is 4.76. The first-order valence-electron chi connectivity index (χ1n) is 18.9. The van der Waals surface area contributed by atoms with Gasteiger partial charge in [0, 0.05) is 51.0 Å². The maximum absolute atomic E-state index is 14.3. The highest BCUT2D eigenvalue weighted by molar-refractivity contribution is 6.35. The van der Waals surface area contributed by atoms with Crippen molar-refractivity contribution in [3.63, 3.8) is 0 Å². The molecule has 2 rings (SSSR count). The molecule has 2 fully saturated rings. The van der Waals surface area contributed by atoms with E-state index in [1.807, 2.05) is 40.7 Å². The third kappa shape index (κ3) is 12.8. The predicted molar refractivity (Wildman–Crippen MR) is 200 cm³/mol. The van der Waals surface area contributed by atoms with Gasteiger partial charge in [-0.3, -0.25) is 24.0 Å². The molecule has 12 nitrogen and oxygen atoms in total. The first-order valence-corrected chi connectivity index (χ1v) is 18.9. The number of ketones is 1. The summed E-state index contributed by atoms with van der Waals surface area (Å²) >= 11 is 0. The predicted octanol–water partition coefficient (Wildman–Crippen LogP) is 4.53. The minimum Gasteiger partial charge on any atom is -0.363 e. The van der Waals surface area contributed by atoms with Crippen LogP contribution in [0, 0.1) is 28.6 Å². The summed E-state index contributed by atoms with van der Waals surface area (Å²) in [7, 11) is 1.59. The molecule has 0 aromatic carbocycles. The number of allylic oxidation sites excluding steroid dienone is 4. The molecule has 12 heteroatoms. The number of primary amides is 1. The van der Waals surface area contributed by atoms with Crippen molar-refractivity contribution in [1.82, 2.24) is 26.2 Å². The lowest BCUT2D eigenvalue weighted by atomic mass is 9.84. The average Bonchev–Trinajstić information content (AvgIpc) is 3.36. The molecule has 6 amide bonds. The number of piperidine rings is 1. The molecule has 2 aliphatic rings. The summed E-state index contributed by atoms with van der Waals surface area (Å²) < 4.78 is 0. The Kier molecular flexibility index (Phi) is 16.9. The fourth-order valence-corrected chi connectivity index (χ4v) is 7.59. The van der Waals surface area contributed by atoms with Gasteiger partial charge in [-0.05, 0) is 67.6 Å². The number of nitrogens with two attached hydrogens (primary N) is 1. The minimum absolute atomic E-state index is 0.0142. The van der Waals surface area contributed by atoms with Gasteiger partial charge < -0.3 is 31.9 Å². The van der Waals surface area contributed by atoms with Crippen LogP contribution >= 0.6 is 0 Å². The van der Waals surface area contributed by atoms with Gasteiger partial charge in [-0.15, -0.1) is 0 Å². The molecule has 0 aromatic rings. The number of carbonyl (C=O) groups is 6. The Bertz CT molecular complexity index is 1290. The van der Waals surface area contributed by atoms with Gasteiger partial charge in [-0.25, -0.2) is 4.79 Å². The van der Waals surface area contributed by atoms with Gasteiger partial charge >= 0.3 is 6.03 Å². The number of rotatable bonds is 21. The van der Waals surface area contributed by atoms with Crippen LogP contribution in [0.15, 0.2) is 24.3 Å². The highest BCUT2D eigenvalue weighted by Gasteiger charge is 2.69. The van der Waals surface area contributed by atoms with Crippen LogP contribution in [0.4, 0.5) is 4.79 Å². The van der Waals surface area contributed by atoms with E-state index in [-0.39, 0.29) is 71.6 Å². The van der Waals surface area contributed by atoms with Crippen LogP contribution in [0.1, 0.15) is 120 Å². The van der Waals surface area contributed by atoms with Crippen molar-refractivity contribution in [2.45, 2.75) is 144 Å². The van der Waals surface area contributed by atoms with Crippen molar-refractivity contribution in [2.75, 3.05) is 13.6 Å². The maximum Gasteiger partial charge on any atom is 0.315 e. The van der Waals surface area contributed by atoms with Gasteiger partial charge in [0.15, 0.2) is 0 Å². The van der Waals surface area contributed by atoms with Gasteiger partial charge in [-0.2, -0.15) is 0 Å². The van der Waals surface area contributed by atoms with E-state index in [2.05, 4.69) is 60.3 Å². The van der Waals surface area contributed by atoms with E-state index < -0.39 is 35.8 Å². The number of Topliss-reactive ketones (excluding diaryl/α,β-unsaturated/α-hetero) is 1. The molecule has 51 heavy (non-hydrogen) atoms. The molecule has 1 heterocycles. The normalized spacial score (nSPS) is 21.7. The largest absolute Gasteiger partial charge is 0.363 e. The molecule has 1 saturated carbocycles. The molecule has 7 atom stereocenters. The third-order valence-electron chi connectivity index (χ3n) is 11.0. The average molecular weight is 715 g/mol. The molecule has 0 aromatic heterocycles. The molecule has 5 unspecified atom stereocenters. The number of carbonyl (C=O) groups excluding carboxylic acids is 6. The lowest BCUT2D eigenvalue weighted by Crippen LogP contribution is -2.55. The van der Waals surface area contributed by atoms with Gasteiger partial charge in [0.2, 0.25) is 23.5 Å². The van der Waals surface area contributed by atoms with E-state index in [4.69, 9.17) is 5.73 Å². The van der Waals surface area contributed by atoms with Crippen LogP contribution in [0.5, 0.6) is 0 Å². The van der Waals surface area contributed by atoms with Gasteiger partial charge in [-0.1, -0.05) is 85.6 Å². The van der Waals surface area contributed by atoms with E-state index in [0.717, 1.165) is 25.7 Å². The zero-order valence-electron chi connectivity index (χ0n) is 32.6. The molecule has 1 aliphatic heterocycles. The van der Waals surface area contributed by atoms with E-state index in [0.29, 0.717) is 25.8 Å². The Morgan fingerprint density at radius 2 is 1.63 bits per heavy atom. The summed E-state index contributed by atoms with van der Waals surface area (Å²) in [4.78, 5) is 79.1. The molecular weight excluding hydrogens is 648 g/mol. The Morgan fingerprint density at radius 3 is 2.20 bits per heavy atom. The van der Waals surface area contributed by atoms with Gasteiger partial charge in [0.05, 0.1) is 0 Å². The van der Waals surface area contributed by atoms with Gasteiger partial charge in [0.1, 0.15) is 6.04 Å².